The SMILES string of the molecule is O=C1Nc2cn[nH]c2C(=O)NCCNCCCc2cc(ccn2)-c2nc1cs2. The van der Waals surface area contributed by atoms with E-state index in [2.05, 4.69) is 36.1 Å². The van der Waals surface area contributed by atoms with Crippen molar-refractivity contribution in [3.63, 3.8) is 0 Å². The maximum absolute atomic E-state index is 12.6. The molecule has 4 N–H and O–H groups in total. The number of carbonyl (C=O) groups excluding carboxylic acids is 2. The first kappa shape index (κ1) is 18.3. The number of thiazole rings is 1. The average molecular weight is 397 g/mol. The van der Waals surface area contributed by atoms with Crippen LogP contribution in [-0.2, 0) is 6.42 Å². The van der Waals surface area contributed by atoms with Gasteiger partial charge in [-0.25, -0.2) is 4.98 Å². The van der Waals surface area contributed by atoms with Crippen molar-refractivity contribution in [2.45, 2.75) is 12.8 Å². The Balaban J connectivity index is 1.62. The van der Waals surface area contributed by atoms with E-state index < -0.39 is 5.91 Å². The summed E-state index contributed by atoms with van der Waals surface area (Å²) in [5, 5.41) is 17.7. The summed E-state index contributed by atoms with van der Waals surface area (Å²) in [7, 11) is 0. The first-order chi connectivity index (χ1) is 13.7. The number of aryl methyl sites for hydroxylation is 1. The summed E-state index contributed by atoms with van der Waals surface area (Å²) in [6.45, 7) is 1.94. The molecule has 10 heteroatoms. The molecule has 1 aliphatic heterocycles. The molecule has 3 aromatic heterocycles. The number of aromatic amines is 1. The van der Waals surface area contributed by atoms with Gasteiger partial charge in [-0.2, -0.15) is 5.10 Å². The quantitative estimate of drug-likeness (QED) is 0.455. The zero-order chi connectivity index (χ0) is 19.3. The topological polar surface area (TPSA) is 125 Å². The van der Waals surface area contributed by atoms with Crippen molar-refractivity contribution >= 4 is 28.8 Å². The van der Waals surface area contributed by atoms with Crippen LogP contribution in [0, 0.1) is 0 Å². The Hall–Kier alpha value is -3.11. The number of carbonyl (C=O) groups is 2. The van der Waals surface area contributed by atoms with Crippen LogP contribution < -0.4 is 16.0 Å². The second kappa shape index (κ2) is 8.28. The second-order valence-corrected chi connectivity index (χ2v) is 7.15. The van der Waals surface area contributed by atoms with Crippen molar-refractivity contribution in [2.24, 2.45) is 0 Å². The van der Waals surface area contributed by atoms with Crippen LogP contribution >= 0.6 is 11.3 Å². The molecule has 28 heavy (non-hydrogen) atoms. The zero-order valence-corrected chi connectivity index (χ0v) is 15.8. The van der Waals surface area contributed by atoms with Gasteiger partial charge < -0.3 is 16.0 Å². The minimum atomic E-state index is -0.394. The van der Waals surface area contributed by atoms with Gasteiger partial charge in [-0.15, -0.1) is 11.3 Å². The number of hydrogen-bond donors (Lipinski definition) is 4. The van der Waals surface area contributed by atoms with Crippen LogP contribution in [0.2, 0.25) is 0 Å². The molecule has 0 aromatic carbocycles. The van der Waals surface area contributed by atoms with Gasteiger partial charge in [0.1, 0.15) is 16.4 Å². The predicted octanol–water partition coefficient (Wildman–Crippen LogP) is 1.45. The van der Waals surface area contributed by atoms with E-state index in [1.807, 2.05) is 12.1 Å². The standard InChI is InChI=1S/C18H19N7O2S/c26-16-14-10-28-18(24-14)11-3-5-20-12(8-11)2-1-4-19-6-7-21-17(27)15-13(23-16)9-22-25-15/h3,5,8-10,19H,1-2,4,6-7H2,(H,21,27)(H,22,25)(H,23,26). The highest BCUT2D eigenvalue weighted by atomic mass is 32.1. The van der Waals surface area contributed by atoms with Crippen LogP contribution in [0.3, 0.4) is 0 Å². The summed E-state index contributed by atoms with van der Waals surface area (Å²) < 4.78 is 0. The molecule has 4 heterocycles. The molecule has 4 bridgehead atoms. The summed E-state index contributed by atoms with van der Waals surface area (Å²) >= 11 is 1.39. The third kappa shape index (κ3) is 4.07. The number of amides is 2. The van der Waals surface area contributed by atoms with Crippen LogP contribution in [0.5, 0.6) is 0 Å². The highest BCUT2D eigenvalue weighted by molar-refractivity contribution is 7.13. The number of aromatic nitrogens is 4. The lowest BCUT2D eigenvalue weighted by Gasteiger charge is -2.08. The molecular weight excluding hydrogens is 378 g/mol. The lowest BCUT2D eigenvalue weighted by molar-refractivity contribution is 0.0950. The first-order valence-electron chi connectivity index (χ1n) is 8.95. The maximum Gasteiger partial charge on any atom is 0.275 e. The molecule has 144 valence electrons. The number of hydrogen-bond acceptors (Lipinski definition) is 7. The molecule has 0 saturated heterocycles. The number of anilines is 1. The molecule has 0 atom stereocenters. The van der Waals surface area contributed by atoms with Gasteiger partial charge in [-0.3, -0.25) is 19.7 Å². The van der Waals surface area contributed by atoms with Crippen molar-refractivity contribution in [1.29, 1.82) is 0 Å². The third-order valence-electron chi connectivity index (χ3n) is 4.29. The minimum Gasteiger partial charge on any atom is -0.349 e. The molecule has 0 fully saturated rings. The number of nitrogens with one attached hydrogen (secondary N) is 4. The lowest BCUT2D eigenvalue weighted by atomic mass is 10.1. The summed E-state index contributed by atoms with van der Waals surface area (Å²) in [4.78, 5) is 33.7. The van der Waals surface area contributed by atoms with Gasteiger partial charge in [0.25, 0.3) is 11.8 Å². The highest BCUT2D eigenvalue weighted by Gasteiger charge is 2.18. The van der Waals surface area contributed by atoms with Gasteiger partial charge in [0.05, 0.1) is 11.9 Å². The molecule has 0 saturated carbocycles. The molecule has 4 rings (SSSR count). The summed E-state index contributed by atoms with van der Waals surface area (Å²) in [6.07, 6.45) is 4.95. The van der Waals surface area contributed by atoms with Gasteiger partial charge in [-0.1, -0.05) is 0 Å². The lowest BCUT2D eigenvalue weighted by Crippen LogP contribution is -2.33. The number of nitrogens with zero attached hydrogens (tertiary/aromatic N) is 3. The number of H-pyrrole nitrogens is 1. The van der Waals surface area contributed by atoms with E-state index in [1.165, 1.54) is 17.5 Å². The largest absolute Gasteiger partial charge is 0.349 e. The molecular formula is C18H19N7O2S. The number of fused-ring (bicyclic) bond motifs is 6. The van der Waals surface area contributed by atoms with E-state index in [-0.39, 0.29) is 17.3 Å². The van der Waals surface area contributed by atoms with Crippen LogP contribution in [0.15, 0.2) is 29.9 Å². The van der Waals surface area contributed by atoms with Crippen LogP contribution in [0.4, 0.5) is 5.69 Å². The van der Waals surface area contributed by atoms with E-state index >= 15 is 0 Å². The molecule has 3 aromatic rings. The van der Waals surface area contributed by atoms with Gasteiger partial charge >= 0.3 is 0 Å². The van der Waals surface area contributed by atoms with Crippen molar-refractivity contribution in [3.8, 4) is 10.6 Å². The predicted molar refractivity (Wildman–Crippen MR) is 105 cm³/mol. The fourth-order valence-corrected chi connectivity index (χ4v) is 3.67. The Morgan fingerprint density at radius 2 is 2.04 bits per heavy atom. The van der Waals surface area contributed by atoms with E-state index in [0.29, 0.717) is 18.8 Å². The molecule has 1 aliphatic rings. The van der Waals surface area contributed by atoms with Crippen LogP contribution in [0.1, 0.15) is 33.1 Å². The van der Waals surface area contributed by atoms with Gasteiger partial charge in [0.15, 0.2) is 0 Å². The minimum absolute atomic E-state index is 0.212. The third-order valence-corrected chi connectivity index (χ3v) is 5.18. The Bertz CT molecular complexity index is 997. The fourth-order valence-electron chi connectivity index (χ4n) is 2.87. The van der Waals surface area contributed by atoms with Gasteiger partial charge in [-0.05, 0) is 31.5 Å². The van der Waals surface area contributed by atoms with Crippen molar-refractivity contribution in [3.05, 3.63) is 47.0 Å². The number of pyridine rings is 1. The smallest absolute Gasteiger partial charge is 0.275 e. The fraction of sp³-hybridized carbons (Fsp3) is 0.278. The summed E-state index contributed by atoms with van der Waals surface area (Å²) in [5.74, 6) is -0.719. The van der Waals surface area contributed by atoms with E-state index in [1.54, 1.807) is 11.6 Å². The summed E-state index contributed by atoms with van der Waals surface area (Å²) in [6, 6.07) is 3.90. The molecule has 0 unspecified atom stereocenters. The zero-order valence-electron chi connectivity index (χ0n) is 15.0. The normalized spacial score (nSPS) is 15.7. The van der Waals surface area contributed by atoms with Crippen molar-refractivity contribution in [1.82, 2.24) is 30.8 Å². The maximum atomic E-state index is 12.6. The molecule has 9 nitrogen and oxygen atoms in total. The average Bonchev–Trinajstić information content (AvgIpc) is 3.36. The summed E-state index contributed by atoms with van der Waals surface area (Å²) in [5.41, 5.74) is 2.74. The van der Waals surface area contributed by atoms with Gasteiger partial charge in [0, 0.05) is 35.9 Å². The Morgan fingerprint density at radius 3 is 2.96 bits per heavy atom. The van der Waals surface area contributed by atoms with Gasteiger partial charge in [0.2, 0.25) is 0 Å². The molecule has 0 spiro atoms. The van der Waals surface area contributed by atoms with Crippen LogP contribution in [0.25, 0.3) is 10.6 Å². The second-order valence-electron chi connectivity index (χ2n) is 6.30. The Labute approximate surface area is 165 Å². The molecule has 0 radical (unpaired) electrons. The van der Waals surface area contributed by atoms with Crippen molar-refractivity contribution in [2.75, 3.05) is 25.0 Å². The highest BCUT2D eigenvalue weighted by Crippen LogP contribution is 2.25. The molecule has 2 amide bonds. The first-order valence-corrected chi connectivity index (χ1v) is 9.83. The monoisotopic (exact) mass is 397 g/mol. The van der Waals surface area contributed by atoms with E-state index in [4.69, 9.17) is 0 Å². The Morgan fingerprint density at radius 1 is 1.11 bits per heavy atom. The van der Waals surface area contributed by atoms with Crippen LogP contribution in [-0.4, -0.2) is 51.6 Å². The molecule has 0 aliphatic carbocycles. The van der Waals surface area contributed by atoms with E-state index in [0.717, 1.165) is 35.7 Å². The number of rotatable bonds is 0. The van der Waals surface area contributed by atoms with Crippen molar-refractivity contribution < 1.29 is 9.59 Å². The Kier molecular flexibility index (Phi) is 5.40. The van der Waals surface area contributed by atoms with E-state index in [9.17, 15) is 9.59 Å².